The van der Waals surface area contributed by atoms with Gasteiger partial charge in [0.25, 0.3) is 0 Å². The van der Waals surface area contributed by atoms with Crippen molar-refractivity contribution >= 4 is 5.91 Å². The van der Waals surface area contributed by atoms with Crippen LogP contribution in [0.25, 0.3) is 0 Å². The number of benzene rings is 1. The second-order valence-corrected chi connectivity index (χ2v) is 5.25. The van der Waals surface area contributed by atoms with Gasteiger partial charge in [-0.05, 0) is 30.5 Å². The monoisotopic (exact) mass is 295 g/mol. The normalized spacial score (nSPS) is 16.2. The molecule has 1 aliphatic heterocycles. The van der Waals surface area contributed by atoms with E-state index in [0.717, 1.165) is 18.4 Å². The predicted octanol–water partition coefficient (Wildman–Crippen LogP) is 2.02. The zero-order valence-corrected chi connectivity index (χ0v) is 12.4. The molecule has 0 unspecified atom stereocenters. The maximum Gasteiger partial charge on any atom is 0.226 e. The number of hydrogen-bond acceptors (Lipinski definition) is 3. The molecule has 0 saturated carbocycles. The summed E-state index contributed by atoms with van der Waals surface area (Å²) in [4.78, 5) is 14.0. The third kappa shape index (κ3) is 5.10. The van der Waals surface area contributed by atoms with Crippen LogP contribution >= 0.6 is 0 Å². The number of likely N-dealkylation sites (tertiary alicyclic amines) is 1. The van der Waals surface area contributed by atoms with Gasteiger partial charge in [0.2, 0.25) is 5.91 Å². The van der Waals surface area contributed by atoms with Gasteiger partial charge in [-0.25, -0.2) is 4.39 Å². The highest BCUT2D eigenvalue weighted by atomic mass is 19.1. The lowest BCUT2D eigenvalue weighted by Gasteiger charge is -2.32. The molecule has 1 heterocycles. The van der Waals surface area contributed by atoms with Crippen molar-refractivity contribution in [3.63, 3.8) is 0 Å². The molecular formula is C16H22FNO3. The van der Waals surface area contributed by atoms with Gasteiger partial charge in [0.15, 0.2) is 0 Å². The summed E-state index contributed by atoms with van der Waals surface area (Å²) in [6, 6.07) is 6.21. The molecule has 0 aromatic heterocycles. The summed E-state index contributed by atoms with van der Waals surface area (Å²) in [6.07, 6.45) is 2.16. The van der Waals surface area contributed by atoms with E-state index < -0.39 is 0 Å². The number of carbonyl (C=O) groups is 1. The Kier molecular flexibility index (Phi) is 6.14. The summed E-state index contributed by atoms with van der Waals surface area (Å²) < 4.78 is 23.7. The minimum absolute atomic E-state index is 0.0518. The highest BCUT2D eigenvalue weighted by Crippen LogP contribution is 2.15. The standard InChI is InChI=1S/C16H22FNO3/c1-20-9-10-21-15-5-7-18(8-6-15)16(19)12-13-3-2-4-14(17)11-13/h2-4,11,15H,5-10,12H2,1H3. The quantitative estimate of drug-likeness (QED) is 0.754. The maximum absolute atomic E-state index is 13.1. The topological polar surface area (TPSA) is 38.8 Å². The third-order valence-electron chi connectivity index (χ3n) is 3.68. The van der Waals surface area contributed by atoms with Gasteiger partial charge in [0.05, 0.1) is 25.7 Å². The van der Waals surface area contributed by atoms with Gasteiger partial charge in [-0.15, -0.1) is 0 Å². The van der Waals surface area contributed by atoms with E-state index in [1.165, 1.54) is 12.1 Å². The van der Waals surface area contributed by atoms with E-state index in [0.29, 0.717) is 26.3 Å². The molecule has 0 radical (unpaired) electrons. The van der Waals surface area contributed by atoms with Crippen molar-refractivity contribution in [2.75, 3.05) is 33.4 Å². The minimum atomic E-state index is -0.300. The first-order valence-electron chi connectivity index (χ1n) is 7.32. The fourth-order valence-electron chi connectivity index (χ4n) is 2.50. The number of hydrogen-bond donors (Lipinski definition) is 0. The number of amides is 1. The van der Waals surface area contributed by atoms with Crippen molar-refractivity contribution in [1.29, 1.82) is 0 Å². The molecule has 4 nitrogen and oxygen atoms in total. The molecule has 1 aromatic carbocycles. The summed E-state index contributed by atoms with van der Waals surface area (Å²) in [6.45, 7) is 2.59. The first kappa shape index (κ1) is 15.9. The zero-order chi connectivity index (χ0) is 15.1. The third-order valence-corrected chi connectivity index (χ3v) is 3.68. The fraction of sp³-hybridized carbons (Fsp3) is 0.562. The molecule has 0 spiro atoms. The van der Waals surface area contributed by atoms with Crippen LogP contribution in [-0.4, -0.2) is 50.3 Å². The molecule has 5 heteroatoms. The van der Waals surface area contributed by atoms with Crippen molar-refractivity contribution in [2.45, 2.75) is 25.4 Å². The van der Waals surface area contributed by atoms with E-state index in [1.54, 1.807) is 19.2 Å². The highest BCUT2D eigenvalue weighted by molar-refractivity contribution is 5.78. The Hall–Kier alpha value is -1.46. The fourth-order valence-corrected chi connectivity index (χ4v) is 2.50. The number of piperidine rings is 1. The zero-order valence-electron chi connectivity index (χ0n) is 12.4. The summed E-state index contributed by atoms with van der Waals surface area (Å²) in [5.74, 6) is -0.249. The summed E-state index contributed by atoms with van der Waals surface area (Å²) in [5, 5.41) is 0. The maximum atomic E-state index is 13.1. The van der Waals surface area contributed by atoms with Crippen molar-refractivity contribution in [3.05, 3.63) is 35.6 Å². The molecule has 116 valence electrons. The molecule has 1 aromatic rings. The van der Waals surface area contributed by atoms with Gasteiger partial charge in [0, 0.05) is 20.2 Å². The van der Waals surface area contributed by atoms with Gasteiger partial charge in [0.1, 0.15) is 5.82 Å². The SMILES string of the molecule is COCCOC1CCN(C(=O)Cc2cccc(F)c2)CC1. The summed E-state index contributed by atoms with van der Waals surface area (Å²) in [7, 11) is 1.65. The van der Waals surface area contributed by atoms with Crippen molar-refractivity contribution in [1.82, 2.24) is 4.90 Å². The van der Waals surface area contributed by atoms with Crippen LogP contribution < -0.4 is 0 Å². The Bertz CT molecular complexity index is 459. The molecule has 2 rings (SSSR count). The van der Waals surface area contributed by atoms with E-state index in [1.807, 2.05) is 4.90 Å². The van der Waals surface area contributed by atoms with Crippen LogP contribution in [0.2, 0.25) is 0 Å². The minimum Gasteiger partial charge on any atom is -0.382 e. The van der Waals surface area contributed by atoms with Crippen LogP contribution in [0.5, 0.6) is 0 Å². The van der Waals surface area contributed by atoms with Gasteiger partial charge in [-0.1, -0.05) is 12.1 Å². The molecule has 0 N–H and O–H groups in total. The summed E-state index contributed by atoms with van der Waals surface area (Å²) in [5.41, 5.74) is 0.721. The number of carbonyl (C=O) groups excluding carboxylic acids is 1. The average Bonchev–Trinajstić information content (AvgIpc) is 2.48. The molecule has 1 amide bonds. The molecular weight excluding hydrogens is 273 g/mol. The van der Waals surface area contributed by atoms with E-state index in [4.69, 9.17) is 9.47 Å². The molecule has 1 fully saturated rings. The van der Waals surface area contributed by atoms with E-state index >= 15 is 0 Å². The summed E-state index contributed by atoms with van der Waals surface area (Å²) >= 11 is 0. The molecule has 0 aliphatic carbocycles. The number of ether oxygens (including phenoxy) is 2. The highest BCUT2D eigenvalue weighted by Gasteiger charge is 2.23. The van der Waals surface area contributed by atoms with Crippen LogP contribution in [0, 0.1) is 5.82 Å². The number of methoxy groups -OCH3 is 1. The second kappa shape index (κ2) is 8.10. The van der Waals surface area contributed by atoms with Gasteiger partial charge in [-0.3, -0.25) is 4.79 Å². The Morgan fingerprint density at radius 1 is 1.33 bits per heavy atom. The van der Waals surface area contributed by atoms with Crippen LogP contribution in [0.1, 0.15) is 18.4 Å². The van der Waals surface area contributed by atoms with Gasteiger partial charge >= 0.3 is 0 Å². The molecule has 0 bridgehead atoms. The lowest BCUT2D eigenvalue weighted by molar-refractivity contribution is -0.133. The number of nitrogens with zero attached hydrogens (tertiary/aromatic N) is 1. The Labute approximate surface area is 124 Å². The first-order chi connectivity index (χ1) is 10.2. The average molecular weight is 295 g/mol. The lowest BCUT2D eigenvalue weighted by atomic mass is 10.1. The Balaban J connectivity index is 1.75. The number of halogens is 1. The van der Waals surface area contributed by atoms with E-state index in [9.17, 15) is 9.18 Å². The largest absolute Gasteiger partial charge is 0.382 e. The van der Waals surface area contributed by atoms with E-state index in [2.05, 4.69) is 0 Å². The Morgan fingerprint density at radius 2 is 2.10 bits per heavy atom. The van der Waals surface area contributed by atoms with Crippen LogP contribution in [0.3, 0.4) is 0 Å². The van der Waals surface area contributed by atoms with Crippen molar-refractivity contribution in [3.8, 4) is 0 Å². The first-order valence-corrected chi connectivity index (χ1v) is 7.32. The molecule has 0 atom stereocenters. The Morgan fingerprint density at radius 3 is 2.76 bits per heavy atom. The van der Waals surface area contributed by atoms with Crippen molar-refractivity contribution < 1.29 is 18.7 Å². The lowest BCUT2D eigenvalue weighted by Crippen LogP contribution is -2.41. The van der Waals surface area contributed by atoms with Gasteiger partial charge < -0.3 is 14.4 Å². The molecule has 1 aliphatic rings. The van der Waals surface area contributed by atoms with Crippen LogP contribution in [-0.2, 0) is 20.7 Å². The number of rotatable bonds is 6. The van der Waals surface area contributed by atoms with Crippen molar-refractivity contribution in [2.24, 2.45) is 0 Å². The molecule has 21 heavy (non-hydrogen) atoms. The van der Waals surface area contributed by atoms with Crippen LogP contribution in [0.15, 0.2) is 24.3 Å². The predicted molar refractivity (Wildman–Crippen MR) is 77.5 cm³/mol. The van der Waals surface area contributed by atoms with Crippen LogP contribution in [0.4, 0.5) is 4.39 Å². The van der Waals surface area contributed by atoms with Gasteiger partial charge in [-0.2, -0.15) is 0 Å². The second-order valence-electron chi connectivity index (χ2n) is 5.25. The smallest absolute Gasteiger partial charge is 0.226 e. The van der Waals surface area contributed by atoms with E-state index in [-0.39, 0.29) is 24.2 Å². The molecule has 1 saturated heterocycles.